The van der Waals surface area contributed by atoms with Gasteiger partial charge in [-0.15, -0.1) is 0 Å². The van der Waals surface area contributed by atoms with Crippen molar-refractivity contribution in [1.29, 1.82) is 0 Å². The van der Waals surface area contributed by atoms with Crippen molar-refractivity contribution in [1.82, 2.24) is 9.88 Å². The first-order valence-electron chi connectivity index (χ1n) is 11.2. The van der Waals surface area contributed by atoms with Crippen LogP contribution in [-0.4, -0.2) is 62.3 Å². The minimum atomic E-state index is -0.102. The third-order valence-electron chi connectivity index (χ3n) is 5.38. The molecule has 0 N–H and O–H groups in total. The molecular formula is C25H33N3O4S. The summed E-state index contributed by atoms with van der Waals surface area (Å²) < 4.78 is 17.6. The number of anilines is 1. The van der Waals surface area contributed by atoms with E-state index in [1.165, 1.54) is 11.3 Å². The molecule has 0 bridgehead atoms. The van der Waals surface area contributed by atoms with Crippen LogP contribution in [0.2, 0.25) is 0 Å². The van der Waals surface area contributed by atoms with Gasteiger partial charge in [-0.2, -0.15) is 0 Å². The number of fused-ring (bicyclic) bond motifs is 1. The molecule has 0 radical (unpaired) electrons. The fourth-order valence-electron chi connectivity index (χ4n) is 3.56. The van der Waals surface area contributed by atoms with Crippen LogP contribution in [0.3, 0.4) is 0 Å². The largest absolute Gasteiger partial charge is 0.495 e. The zero-order valence-electron chi connectivity index (χ0n) is 20.3. The molecule has 3 rings (SSSR count). The Balaban J connectivity index is 2.00. The predicted molar refractivity (Wildman–Crippen MR) is 134 cm³/mol. The Kier molecular flexibility index (Phi) is 8.52. The van der Waals surface area contributed by atoms with Gasteiger partial charge in [-0.3, -0.25) is 9.69 Å². The number of ether oxygens (including phenoxy) is 3. The molecule has 3 aromatic rings. The first kappa shape index (κ1) is 24.8. The molecule has 1 amide bonds. The molecule has 0 aliphatic heterocycles. The Morgan fingerprint density at radius 3 is 2.18 bits per heavy atom. The minimum absolute atomic E-state index is 0.0739. The highest BCUT2D eigenvalue weighted by Gasteiger charge is 2.24. The van der Waals surface area contributed by atoms with E-state index in [2.05, 4.69) is 18.7 Å². The van der Waals surface area contributed by atoms with Crippen LogP contribution in [0.1, 0.15) is 38.1 Å². The minimum Gasteiger partial charge on any atom is -0.495 e. The molecule has 0 unspecified atom stereocenters. The van der Waals surface area contributed by atoms with Gasteiger partial charge in [-0.05, 0) is 63.3 Å². The summed E-state index contributed by atoms with van der Waals surface area (Å²) in [5, 5.41) is 0.618. The molecule has 8 heteroatoms. The second-order valence-corrected chi connectivity index (χ2v) is 8.80. The average Bonchev–Trinajstić information content (AvgIpc) is 3.26. The summed E-state index contributed by atoms with van der Waals surface area (Å²) in [4.78, 5) is 22.5. The van der Waals surface area contributed by atoms with Crippen LogP contribution in [0.4, 0.5) is 5.13 Å². The zero-order valence-corrected chi connectivity index (χ0v) is 21.1. The third kappa shape index (κ3) is 5.75. The Morgan fingerprint density at radius 1 is 0.970 bits per heavy atom. The number of likely N-dealkylation sites (N-methyl/N-ethyl adjacent to an activating group) is 1. The van der Waals surface area contributed by atoms with Gasteiger partial charge in [0.15, 0.2) is 5.13 Å². The molecule has 0 spiro atoms. The van der Waals surface area contributed by atoms with E-state index in [1.54, 1.807) is 31.3 Å². The van der Waals surface area contributed by atoms with Crippen molar-refractivity contribution >= 4 is 32.6 Å². The summed E-state index contributed by atoms with van der Waals surface area (Å²) in [6, 6.07) is 11.0. The molecule has 0 atom stereocenters. The summed E-state index contributed by atoms with van der Waals surface area (Å²) in [6.07, 6.45) is 0.0739. The monoisotopic (exact) mass is 471 g/mol. The molecule has 2 aromatic carbocycles. The van der Waals surface area contributed by atoms with E-state index in [9.17, 15) is 4.79 Å². The number of carbonyl (C=O) groups is 1. The van der Waals surface area contributed by atoms with Gasteiger partial charge < -0.3 is 19.1 Å². The number of methoxy groups -OCH3 is 2. The molecule has 7 nitrogen and oxygen atoms in total. The Hall–Kier alpha value is -2.84. The van der Waals surface area contributed by atoms with Gasteiger partial charge in [0.2, 0.25) is 0 Å². The normalized spacial score (nSPS) is 11.3. The smallest absolute Gasteiger partial charge is 0.260 e. The first-order chi connectivity index (χ1) is 15.9. The van der Waals surface area contributed by atoms with E-state index < -0.39 is 0 Å². The van der Waals surface area contributed by atoms with Gasteiger partial charge >= 0.3 is 0 Å². The average molecular weight is 472 g/mol. The Bertz CT molecular complexity index is 1020. The summed E-state index contributed by atoms with van der Waals surface area (Å²) in [7, 11) is 3.25. The van der Waals surface area contributed by atoms with Gasteiger partial charge in [0.25, 0.3) is 5.91 Å². The number of aromatic nitrogens is 1. The van der Waals surface area contributed by atoms with Crippen LogP contribution in [0.5, 0.6) is 17.2 Å². The van der Waals surface area contributed by atoms with Gasteiger partial charge in [-0.1, -0.05) is 25.2 Å². The van der Waals surface area contributed by atoms with Crippen molar-refractivity contribution in [2.75, 3.05) is 45.3 Å². The number of carbonyl (C=O) groups excluding carboxylic acids is 1. The molecule has 33 heavy (non-hydrogen) atoms. The van der Waals surface area contributed by atoms with Crippen molar-refractivity contribution in [2.24, 2.45) is 0 Å². The lowest BCUT2D eigenvalue weighted by atomic mass is 10.2. The van der Waals surface area contributed by atoms with E-state index in [0.29, 0.717) is 34.3 Å². The summed E-state index contributed by atoms with van der Waals surface area (Å²) in [6.45, 7) is 11.3. The van der Waals surface area contributed by atoms with Crippen molar-refractivity contribution in [3.63, 3.8) is 0 Å². The molecule has 1 aromatic heterocycles. The van der Waals surface area contributed by atoms with E-state index in [4.69, 9.17) is 19.2 Å². The highest BCUT2D eigenvalue weighted by molar-refractivity contribution is 7.22. The maximum Gasteiger partial charge on any atom is 0.260 e. The number of amides is 1. The van der Waals surface area contributed by atoms with Crippen molar-refractivity contribution in [3.05, 3.63) is 42.0 Å². The Labute approximate surface area is 199 Å². The lowest BCUT2D eigenvalue weighted by Gasteiger charge is -2.24. The van der Waals surface area contributed by atoms with Crippen molar-refractivity contribution in [3.8, 4) is 17.2 Å². The first-order valence-corrected chi connectivity index (χ1v) is 12.1. The standard InChI is InChI=1S/C25H33N3O4S/c1-7-27(8-2)15-16-28(24(29)18-9-11-19(12-10-18)32-17(3)4)25-26-22-20(30-5)13-14-21(31-6)23(22)33-25/h9-14,17H,7-8,15-16H2,1-6H3. The fraction of sp³-hybridized carbons (Fsp3) is 0.440. The van der Waals surface area contributed by atoms with E-state index in [-0.39, 0.29) is 12.0 Å². The number of thiazole rings is 1. The summed E-state index contributed by atoms with van der Waals surface area (Å²) in [5.41, 5.74) is 1.28. The summed E-state index contributed by atoms with van der Waals surface area (Å²) in [5.74, 6) is 2.00. The Morgan fingerprint density at radius 2 is 1.61 bits per heavy atom. The maximum absolute atomic E-state index is 13.6. The second kappa shape index (κ2) is 11.3. The number of nitrogens with zero attached hydrogens (tertiary/aromatic N) is 3. The van der Waals surface area contributed by atoms with E-state index >= 15 is 0 Å². The van der Waals surface area contributed by atoms with Crippen LogP contribution < -0.4 is 19.1 Å². The van der Waals surface area contributed by atoms with Crippen LogP contribution in [0.25, 0.3) is 10.2 Å². The zero-order chi connectivity index (χ0) is 24.0. The predicted octanol–water partition coefficient (Wildman–Crippen LogP) is 5.09. The van der Waals surface area contributed by atoms with Gasteiger partial charge in [0.1, 0.15) is 27.5 Å². The molecular weight excluding hydrogens is 438 g/mol. The highest BCUT2D eigenvalue weighted by Crippen LogP contribution is 2.40. The van der Waals surface area contributed by atoms with E-state index in [1.807, 2.05) is 38.1 Å². The maximum atomic E-state index is 13.6. The highest BCUT2D eigenvalue weighted by atomic mass is 32.1. The van der Waals surface area contributed by atoms with Crippen LogP contribution in [0, 0.1) is 0 Å². The number of hydrogen-bond acceptors (Lipinski definition) is 7. The van der Waals surface area contributed by atoms with Crippen molar-refractivity contribution < 1.29 is 19.0 Å². The summed E-state index contributed by atoms with van der Waals surface area (Å²) >= 11 is 1.43. The third-order valence-corrected chi connectivity index (χ3v) is 6.48. The van der Waals surface area contributed by atoms with Gasteiger partial charge in [0.05, 0.1) is 20.3 Å². The van der Waals surface area contributed by atoms with Crippen molar-refractivity contribution in [2.45, 2.75) is 33.8 Å². The lowest BCUT2D eigenvalue weighted by molar-refractivity contribution is 0.0983. The molecule has 0 aliphatic carbocycles. The van der Waals surface area contributed by atoms with Crippen LogP contribution >= 0.6 is 11.3 Å². The molecule has 1 heterocycles. The molecule has 0 saturated heterocycles. The SMILES string of the molecule is CCN(CC)CCN(C(=O)c1ccc(OC(C)C)cc1)c1nc2c(OC)ccc(OC)c2s1. The number of hydrogen-bond donors (Lipinski definition) is 0. The fourth-order valence-corrected chi connectivity index (χ4v) is 4.66. The van der Waals surface area contributed by atoms with Crippen LogP contribution in [0.15, 0.2) is 36.4 Å². The molecule has 0 saturated carbocycles. The molecule has 0 aliphatic rings. The lowest BCUT2D eigenvalue weighted by Crippen LogP contribution is -2.38. The molecule has 0 fully saturated rings. The van der Waals surface area contributed by atoms with E-state index in [0.717, 1.165) is 30.1 Å². The quantitative estimate of drug-likeness (QED) is 0.388. The molecule has 178 valence electrons. The topological polar surface area (TPSA) is 64.1 Å². The van der Waals surface area contributed by atoms with Gasteiger partial charge in [0, 0.05) is 18.7 Å². The number of benzene rings is 2. The second-order valence-electron chi connectivity index (χ2n) is 7.82. The number of rotatable bonds is 11. The van der Waals surface area contributed by atoms with Crippen LogP contribution in [-0.2, 0) is 0 Å². The van der Waals surface area contributed by atoms with Gasteiger partial charge in [-0.25, -0.2) is 4.98 Å².